The maximum atomic E-state index is 11.9. The van der Waals surface area contributed by atoms with E-state index >= 15 is 0 Å². The molecular formula is C14H14ClO4P. The van der Waals surface area contributed by atoms with Crippen molar-refractivity contribution in [1.29, 1.82) is 0 Å². The van der Waals surface area contributed by atoms with E-state index in [9.17, 15) is 9.46 Å². The van der Waals surface area contributed by atoms with Gasteiger partial charge in [-0.1, -0.05) is 30.3 Å². The van der Waals surface area contributed by atoms with E-state index in [2.05, 4.69) is 0 Å². The zero-order valence-corrected chi connectivity index (χ0v) is 12.4. The quantitative estimate of drug-likeness (QED) is 0.650. The number of halogens is 1. The second-order valence-corrected chi connectivity index (χ2v) is 6.11. The zero-order chi connectivity index (χ0) is 14.6. The molecule has 0 fully saturated rings. The van der Waals surface area contributed by atoms with Gasteiger partial charge in [0.2, 0.25) is 0 Å². The van der Waals surface area contributed by atoms with Gasteiger partial charge in [-0.05, 0) is 36.8 Å². The average molecular weight is 313 g/mol. The molecule has 0 amide bonds. The predicted molar refractivity (Wildman–Crippen MR) is 78.2 cm³/mol. The molecule has 0 aliphatic carbocycles. The van der Waals surface area contributed by atoms with Crippen molar-refractivity contribution in [3.63, 3.8) is 0 Å². The Labute approximate surface area is 122 Å². The van der Waals surface area contributed by atoms with Crippen LogP contribution in [0.5, 0.6) is 11.5 Å². The Morgan fingerprint density at radius 1 is 1.00 bits per heavy atom. The fourth-order valence-electron chi connectivity index (χ4n) is 1.56. The van der Waals surface area contributed by atoms with Crippen LogP contribution < -0.4 is 9.05 Å². The van der Waals surface area contributed by atoms with Gasteiger partial charge in [-0.25, -0.2) is 4.57 Å². The lowest BCUT2D eigenvalue weighted by Gasteiger charge is -2.14. The van der Waals surface area contributed by atoms with Crippen LogP contribution in [0.4, 0.5) is 0 Å². The average Bonchev–Trinajstić information content (AvgIpc) is 2.39. The normalized spacial score (nSPS) is 15.2. The van der Waals surface area contributed by atoms with Crippen LogP contribution in [0, 0.1) is 0 Å². The van der Waals surface area contributed by atoms with Gasteiger partial charge in [0.1, 0.15) is 11.5 Å². The second kappa shape index (κ2) is 6.31. The predicted octanol–water partition coefficient (Wildman–Crippen LogP) is 4.54. The molecule has 0 bridgehead atoms. The molecule has 2 aromatic rings. The highest BCUT2D eigenvalue weighted by Gasteiger charge is 2.24. The maximum Gasteiger partial charge on any atom is 0.584 e. The Morgan fingerprint density at radius 3 is 2.00 bits per heavy atom. The van der Waals surface area contributed by atoms with Crippen LogP contribution in [0.1, 0.15) is 17.9 Å². The lowest BCUT2D eigenvalue weighted by Crippen LogP contribution is -1.99. The molecule has 4 nitrogen and oxygen atoms in total. The van der Waals surface area contributed by atoms with Crippen molar-refractivity contribution in [1.82, 2.24) is 0 Å². The molecule has 0 aromatic heterocycles. The second-order valence-electron chi connectivity index (χ2n) is 4.15. The van der Waals surface area contributed by atoms with E-state index in [4.69, 9.17) is 20.6 Å². The zero-order valence-electron chi connectivity index (χ0n) is 10.8. The molecule has 0 heterocycles. The van der Waals surface area contributed by atoms with Crippen molar-refractivity contribution in [2.45, 2.75) is 12.3 Å². The minimum Gasteiger partial charge on any atom is -0.395 e. The number of alkyl halides is 1. The Balaban J connectivity index is 2.06. The molecule has 2 atom stereocenters. The molecule has 0 radical (unpaired) electrons. The highest BCUT2D eigenvalue weighted by atomic mass is 35.5. The molecule has 6 heteroatoms. The smallest absolute Gasteiger partial charge is 0.395 e. The van der Waals surface area contributed by atoms with Gasteiger partial charge in [-0.2, -0.15) is 0 Å². The van der Waals surface area contributed by atoms with Crippen molar-refractivity contribution >= 4 is 19.4 Å². The summed E-state index contributed by atoms with van der Waals surface area (Å²) in [5, 5.41) is -0.134. The number of hydrogen-bond acceptors (Lipinski definition) is 3. The summed E-state index contributed by atoms with van der Waals surface area (Å²) in [6, 6.07) is 14.9. The third kappa shape index (κ3) is 4.27. The standard InChI is InChI=1S/C14H14ClO4P/c1-11(15)12-7-9-14(10-8-12)19-20(16,17)18-13-5-3-2-4-6-13/h2-11H,1H3,(H,16,17). The van der Waals surface area contributed by atoms with Crippen LogP contribution in [0.2, 0.25) is 0 Å². The van der Waals surface area contributed by atoms with Crippen LogP contribution in [0.3, 0.4) is 0 Å². The van der Waals surface area contributed by atoms with Gasteiger partial charge in [0.05, 0.1) is 5.38 Å². The summed E-state index contributed by atoms with van der Waals surface area (Å²) in [4.78, 5) is 9.68. The molecule has 0 aliphatic heterocycles. The van der Waals surface area contributed by atoms with Gasteiger partial charge in [-0.15, -0.1) is 11.6 Å². The van der Waals surface area contributed by atoms with Gasteiger partial charge in [-0.3, -0.25) is 4.89 Å². The van der Waals surface area contributed by atoms with E-state index in [-0.39, 0.29) is 16.9 Å². The third-order valence-electron chi connectivity index (χ3n) is 2.52. The summed E-state index contributed by atoms with van der Waals surface area (Å²) in [7, 11) is -4.21. The SMILES string of the molecule is CC(Cl)c1ccc(OP(=O)(O)Oc2ccccc2)cc1. The minimum absolute atomic E-state index is 0.134. The third-order valence-corrected chi connectivity index (χ3v) is 3.66. The molecule has 2 rings (SSSR count). The molecule has 20 heavy (non-hydrogen) atoms. The van der Waals surface area contributed by atoms with Crippen molar-refractivity contribution in [3.8, 4) is 11.5 Å². The fraction of sp³-hybridized carbons (Fsp3) is 0.143. The number of phosphoric ester groups is 1. The first-order valence-electron chi connectivity index (χ1n) is 5.97. The molecule has 106 valence electrons. The first-order chi connectivity index (χ1) is 9.46. The number of para-hydroxylation sites is 1. The van der Waals surface area contributed by atoms with Gasteiger partial charge in [0.25, 0.3) is 0 Å². The van der Waals surface area contributed by atoms with Crippen LogP contribution in [0.25, 0.3) is 0 Å². The first kappa shape index (κ1) is 14.9. The Kier molecular flexibility index (Phi) is 4.71. The Hall–Kier alpha value is -1.48. The highest BCUT2D eigenvalue weighted by molar-refractivity contribution is 7.48. The molecule has 2 aromatic carbocycles. The monoisotopic (exact) mass is 312 g/mol. The maximum absolute atomic E-state index is 11.9. The highest BCUT2D eigenvalue weighted by Crippen LogP contribution is 2.44. The Bertz CT molecular complexity index is 598. The summed E-state index contributed by atoms with van der Waals surface area (Å²) in [6.45, 7) is 1.84. The van der Waals surface area contributed by atoms with E-state index in [1.165, 1.54) is 0 Å². The van der Waals surface area contributed by atoms with Crippen molar-refractivity contribution in [2.24, 2.45) is 0 Å². The molecule has 0 aliphatic rings. The molecule has 1 N–H and O–H groups in total. The first-order valence-corrected chi connectivity index (χ1v) is 7.90. The number of rotatable bonds is 5. The van der Waals surface area contributed by atoms with E-state index in [1.54, 1.807) is 54.6 Å². The summed E-state index contributed by atoms with van der Waals surface area (Å²) in [5.74, 6) is 0.511. The largest absolute Gasteiger partial charge is 0.584 e. The molecular weight excluding hydrogens is 299 g/mol. The van der Waals surface area contributed by atoms with Gasteiger partial charge in [0.15, 0.2) is 0 Å². The Morgan fingerprint density at radius 2 is 1.50 bits per heavy atom. The summed E-state index contributed by atoms with van der Waals surface area (Å²) < 4.78 is 21.8. The van der Waals surface area contributed by atoms with E-state index in [0.29, 0.717) is 0 Å². The van der Waals surface area contributed by atoms with E-state index in [1.807, 2.05) is 6.92 Å². The van der Waals surface area contributed by atoms with E-state index in [0.717, 1.165) is 5.56 Å². The lowest BCUT2D eigenvalue weighted by molar-refractivity contribution is 0.291. The topological polar surface area (TPSA) is 55.8 Å². The van der Waals surface area contributed by atoms with Crippen LogP contribution >= 0.6 is 19.4 Å². The molecule has 0 saturated carbocycles. The number of benzene rings is 2. The van der Waals surface area contributed by atoms with Gasteiger partial charge < -0.3 is 9.05 Å². The summed E-state index contributed by atoms with van der Waals surface area (Å²) in [5.41, 5.74) is 0.899. The fourth-order valence-corrected chi connectivity index (χ4v) is 2.52. The summed E-state index contributed by atoms with van der Waals surface area (Å²) >= 11 is 5.93. The minimum atomic E-state index is -4.21. The van der Waals surface area contributed by atoms with Crippen molar-refractivity contribution < 1.29 is 18.5 Å². The summed E-state index contributed by atoms with van der Waals surface area (Å²) in [6.07, 6.45) is 0. The van der Waals surface area contributed by atoms with Crippen LogP contribution in [-0.2, 0) is 4.57 Å². The van der Waals surface area contributed by atoms with Gasteiger partial charge >= 0.3 is 7.82 Å². The van der Waals surface area contributed by atoms with Gasteiger partial charge in [0, 0.05) is 0 Å². The molecule has 0 saturated heterocycles. The van der Waals surface area contributed by atoms with Crippen LogP contribution in [0.15, 0.2) is 54.6 Å². The number of hydrogen-bond donors (Lipinski definition) is 1. The number of phosphoric acid groups is 1. The van der Waals surface area contributed by atoms with E-state index < -0.39 is 7.82 Å². The van der Waals surface area contributed by atoms with Crippen molar-refractivity contribution in [3.05, 3.63) is 60.2 Å². The van der Waals surface area contributed by atoms with Crippen molar-refractivity contribution in [2.75, 3.05) is 0 Å². The molecule has 0 spiro atoms. The lowest BCUT2D eigenvalue weighted by atomic mass is 10.2. The molecule has 2 unspecified atom stereocenters. The van der Waals surface area contributed by atoms with Crippen LogP contribution in [-0.4, -0.2) is 4.89 Å².